The number of imidazole rings is 1. The first kappa shape index (κ1) is 8.22. The van der Waals surface area contributed by atoms with Crippen LogP contribution in [0.1, 0.15) is 5.82 Å². The number of nitrogens with two attached hydrogens (primary N) is 1. The van der Waals surface area contributed by atoms with Gasteiger partial charge in [0.05, 0.1) is 11.0 Å². The van der Waals surface area contributed by atoms with Crippen LogP contribution in [0.2, 0.25) is 0 Å². The zero-order chi connectivity index (χ0) is 10.6. The summed E-state index contributed by atoms with van der Waals surface area (Å²) in [6.45, 7) is 1.97. The summed E-state index contributed by atoms with van der Waals surface area (Å²) >= 11 is 0. The zero-order valence-electron chi connectivity index (χ0n) is 8.47. The molecule has 0 radical (unpaired) electrons. The van der Waals surface area contributed by atoms with Gasteiger partial charge in [-0.3, -0.25) is 0 Å². The van der Waals surface area contributed by atoms with Gasteiger partial charge in [0.15, 0.2) is 0 Å². The minimum atomic E-state index is 0.785. The van der Waals surface area contributed by atoms with Gasteiger partial charge in [0.1, 0.15) is 16.9 Å². The van der Waals surface area contributed by atoms with Crippen molar-refractivity contribution in [2.24, 2.45) is 7.05 Å². The van der Waals surface area contributed by atoms with Gasteiger partial charge >= 0.3 is 0 Å². The number of rotatable bonds is 0. The third kappa shape index (κ3) is 0.955. The van der Waals surface area contributed by atoms with E-state index in [1.807, 2.05) is 30.7 Å². The van der Waals surface area contributed by atoms with Crippen LogP contribution >= 0.6 is 0 Å². The van der Waals surface area contributed by atoms with Gasteiger partial charge in [-0.2, -0.15) is 4.79 Å². The van der Waals surface area contributed by atoms with Crippen molar-refractivity contribution >= 4 is 22.1 Å². The van der Waals surface area contributed by atoms with E-state index in [-0.39, 0.29) is 0 Å². The lowest BCUT2D eigenvalue weighted by atomic mass is 10.2. The van der Waals surface area contributed by atoms with Crippen molar-refractivity contribution < 1.29 is 0 Å². The largest absolute Gasteiger partial charge is 0.331 e. The number of aryl methyl sites for hydroxylation is 2. The Morgan fingerprint density at radius 2 is 1.93 bits per heavy atom. The van der Waals surface area contributed by atoms with Crippen molar-refractivity contribution in [3.63, 3.8) is 0 Å². The van der Waals surface area contributed by atoms with Crippen molar-refractivity contribution in [3.8, 4) is 0 Å². The lowest BCUT2D eigenvalue weighted by molar-refractivity contribution is 0.787. The van der Waals surface area contributed by atoms with E-state index in [9.17, 15) is 0 Å². The fourth-order valence-electron chi connectivity index (χ4n) is 1.74. The van der Waals surface area contributed by atoms with Crippen molar-refractivity contribution in [3.05, 3.63) is 18.0 Å². The van der Waals surface area contributed by atoms with Crippen molar-refractivity contribution in [1.29, 1.82) is 0 Å². The van der Waals surface area contributed by atoms with Crippen LogP contribution < -0.4 is 5.84 Å². The molecule has 2 aromatic heterocycles. The molecule has 6 heteroatoms. The second-order valence-corrected chi connectivity index (χ2v) is 3.58. The number of nitrogen functional groups attached to an aromatic ring is 1. The van der Waals surface area contributed by atoms with E-state index in [2.05, 4.69) is 15.3 Å². The average Bonchev–Trinajstić information content (AvgIpc) is 2.70. The van der Waals surface area contributed by atoms with Crippen molar-refractivity contribution in [1.82, 2.24) is 24.7 Å². The Morgan fingerprint density at radius 1 is 1.20 bits per heavy atom. The van der Waals surface area contributed by atoms with E-state index in [1.165, 1.54) is 4.79 Å². The molecule has 0 unspecified atom stereocenters. The number of fused-ring (bicyclic) bond motifs is 2. The Bertz CT molecular complexity index is 662. The molecule has 2 N–H and O–H groups in total. The molecule has 76 valence electrons. The Morgan fingerprint density at radius 3 is 2.73 bits per heavy atom. The lowest BCUT2D eigenvalue weighted by Gasteiger charge is -1.96. The maximum absolute atomic E-state index is 5.62. The molecule has 0 amide bonds. The number of aromatic nitrogens is 5. The van der Waals surface area contributed by atoms with Crippen LogP contribution in [0.15, 0.2) is 12.1 Å². The third-order valence-corrected chi connectivity index (χ3v) is 2.70. The average molecular weight is 202 g/mol. The summed E-state index contributed by atoms with van der Waals surface area (Å²) in [5.74, 6) is 6.59. The van der Waals surface area contributed by atoms with E-state index in [0.29, 0.717) is 0 Å². The first-order chi connectivity index (χ1) is 7.16. The van der Waals surface area contributed by atoms with Crippen LogP contribution in [-0.4, -0.2) is 24.7 Å². The Labute approximate surface area is 85.3 Å². The number of hydrogen-bond donors (Lipinski definition) is 1. The molecule has 2 heterocycles. The van der Waals surface area contributed by atoms with Crippen LogP contribution in [0.4, 0.5) is 0 Å². The zero-order valence-corrected chi connectivity index (χ0v) is 8.47. The molecule has 3 rings (SSSR count). The molecule has 0 spiro atoms. The topological polar surface area (TPSA) is 74.5 Å². The summed E-state index contributed by atoms with van der Waals surface area (Å²) < 4.78 is 2.02. The van der Waals surface area contributed by atoms with Crippen LogP contribution in [0, 0.1) is 6.92 Å². The normalized spacial score (nSPS) is 11.6. The molecule has 0 atom stereocenters. The molecule has 6 nitrogen and oxygen atoms in total. The summed E-state index contributed by atoms with van der Waals surface area (Å²) in [6.07, 6.45) is 0. The minimum absolute atomic E-state index is 0.785. The van der Waals surface area contributed by atoms with Crippen molar-refractivity contribution in [2.75, 3.05) is 5.84 Å². The quantitative estimate of drug-likeness (QED) is 0.533. The van der Waals surface area contributed by atoms with Gasteiger partial charge < -0.3 is 10.4 Å². The highest BCUT2D eigenvalue weighted by atomic mass is 15.6. The molecule has 0 aliphatic rings. The first-order valence-electron chi connectivity index (χ1n) is 4.60. The second kappa shape index (κ2) is 2.47. The Balaban J connectivity index is 2.54. The number of benzene rings is 1. The van der Waals surface area contributed by atoms with Gasteiger partial charge in [-0.1, -0.05) is 0 Å². The molecule has 15 heavy (non-hydrogen) atoms. The molecular formula is C9H10N6. The lowest BCUT2D eigenvalue weighted by Crippen LogP contribution is -2.09. The first-order valence-corrected chi connectivity index (χ1v) is 4.60. The van der Waals surface area contributed by atoms with E-state index >= 15 is 0 Å². The number of hydrogen-bond acceptors (Lipinski definition) is 4. The molecule has 0 saturated carbocycles. The summed E-state index contributed by atoms with van der Waals surface area (Å²) in [6, 6.07) is 3.85. The standard InChI is InChI=1S/C9H10N6/c1-5-11-6-3-9-7(12-13-15(9)10)4-8(6)14(5)2/h3-4H,10H2,1-2H3. The second-order valence-electron chi connectivity index (χ2n) is 3.58. The van der Waals surface area contributed by atoms with E-state index in [0.717, 1.165) is 27.9 Å². The molecule has 0 bridgehead atoms. The van der Waals surface area contributed by atoms with Gasteiger partial charge in [0.25, 0.3) is 0 Å². The molecule has 0 aliphatic heterocycles. The highest BCUT2D eigenvalue weighted by Crippen LogP contribution is 2.20. The van der Waals surface area contributed by atoms with Crippen LogP contribution in [0.25, 0.3) is 22.1 Å². The predicted molar refractivity (Wildman–Crippen MR) is 56.7 cm³/mol. The van der Waals surface area contributed by atoms with Gasteiger partial charge in [-0.15, -0.1) is 5.10 Å². The summed E-state index contributed by atoms with van der Waals surface area (Å²) in [7, 11) is 1.98. The summed E-state index contributed by atoms with van der Waals surface area (Å²) in [5.41, 5.74) is 3.53. The van der Waals surface area contributed by atoms with Crippen LogP contribution in [0.5, 0.6) is 0 Å². The molecular weight excluding hydrogens is 192 g/mol. The molecule has 0 fully saturated rings. The van der Waals surface area contributed by atoms with Crippen LogP contribution in [0.3, 0.4) is 0 Å². The smallest absolute Gasteiger partial charge is 0.117 e. The molecule has 0 aliphatic carbocycles. The van der Waals surface area contributed by atoms with Gasteiger partial charge in [0.2, 0.25) is 0 Å². The maximum Gasteiger partial charge on any atom is 0.117 e. The maximum atomic E-state index is 5.62. The molecule has 0 saturated heterocycles. The highest BCUT2D eigenvalue weighted by Gasteiger charge is 2.09. The molecule has 1 aromatic carbocycles. The highest BCUT2D eigenvalue weighted by molar-refractivity contribution is 5.91. The fraction of sp³-hybridized carbons (Fsp3) is 0.222. The Hall–Kier alpha value is -2.11. The summed E-state index contributed by atoms with van der Waals surface area (Å²) in [4.78, 5) is 5.68. The third-order valence-electron chi connectivity index (χ3n) is 2.70. The van der Waals surface area contributed by atoms with Gasteiger partial charge in [-0.25, -0.2) is 4.98 Å². The number of nitrogens with zero attached hydrogens (tertiary/aromatic N) is 5. The van der Waals surface area contributed by atoms with E-state index < -0.39 is 0 Å². The van der Waals surface area contributed by atoms with Crippen molar-refractivity contribution in [2.45, 2.75) is 6.92 Å². The van der Waals surface area contributed by atoms with E-state index in [4.69, 9.17) is 5.84 Å². The SMILES string of the molecule is Cc1nc2cc3c(cc2n1C)nnn3N. The van der Waals surface area contributed by atoms with Gasteiger partial charge in [0, 0.05) is 7.05 Å². The molecule has 3 aromatic rings. The van der Waals surface area contributed by atoms with Crippen LogP contribution in [-0.2, 0) is 7.05 Å². The van der Waals surface area contributed by atoms with E-state index in [1.54, 1.807) is 0 Å². The fourth-order valence-corrected chi connectivity index (χ4v) is 1.74. The minimum Gasteiger partial charge on any atom is -0.331 e. The predicted octanol–water partition coefficient (Wildman–Crippen LogP) is 0.340. The monoisotopic (exact) mass is 202 g/mol. The Kier molecular flexibility index (Phi) is 1.35. The van der Waals surface area contributed by atoms with Gasteiger partial charge in [-0.05, 0) is 24.3 Å². The summed E-state index contributed by atoms with van der Waals surface area (Å²) in [5, 5.41) is 7.72.